The highest BCUT2D eigenvalue weighted by molar-refractivity contribution is 5.77. The Labute approximate surface area is 404 Å². The van der Waals surface area contributed by atoms with Crippen LogP contribution >= 0.6 is 0 Å². The van der Waals surface area contributed by atoms with E-state index in [9.17, 15) is 19.8 Å². The fourth-order valence-corrected chi connectivity index (χ4v) is 8.66. The maximum atomic E-state index is 13.2. The lowest BCUT2D eigenvalue weighted by Gasteiger charge is -2.24. The molecule has 3 unspecified atom stereocenters. The van der Waals surface area contributed by atoms with Gasteiger partial charge in [0, 0.05) is 6.42 Å². The molecule has 0 aromatic carbocycles. The molecule has 0 saturated carbocycles. The maximum Gasteiger partial charge on any atom is 0.306 e. The van der Waals surface area contributed by atoms with Crippen LogP contribution in [0.15, 0.2) is 48.6 Å². The van der Waals surface area contributed by atoms with Crippen molar-refractivity contribution in [3.63, 3.8) is 0 Å². The fraction of sp³-hybridized carbons (Fsp3) is 0.831. The molecular formula is C59H109NO5. The zero-order valence-corrected chi connectivity index (χ0v) is 43.4. The number of nitrogens with one attached hydrogen (secondary N) is 1. The Morgan fingerprint density at radius 2 is 0.831 bits per heavy atom. The number of allylic oxidation sites excluding steroid dienone is 8. The van der Waals surface area contributed by atoms with Crippen molar-refractivity contribution in [1.82, 2.24) is 5.32 Å². The van der Waals surface area contributed by atoms with Crippen molar-refractivity contribution in [3.8, 4) is 0 Å². The largest absolute Gasteiger partial charge is 0.462 e. The second-order valence-electron chi connectivity index (χ2n) is 19.3. The molecule has 0 rings (SSSR count). The van der Waals surface area contributed by atoms with Gasteiger partial charge >= 0.3 is 5.97 Å². The van der Waals surface area contributed by atoms with Crippen LogP contribution in [-0.4, -0.2) is 46.9 Å². The van der Waals surface area contributed by atoms with Gasteiger partial charge in [-0.3, -0.25) is 9.59 Å². The van der Waals surface area contributed by atoms with Crippen LogP contribution in [0.2, 0.25) is 0 Å². The van der Waals surface area contributed by atoms with Crippen molar-refractivity contribution in [2.45, 2.75) is 309 Å². The van der Waals surface area contributed by atoms with Gasteiger partial charge in [0.05, 0.1) is 25.2 Å². The van der Waals surface area contributed by atoms with Gasteiger partial charge in [-0.2, -0.15) is 0 Å². The van der Waals surface area contributed by atoms with Crippen molar-refractivity contribution in [2.24, 2.45) is 0 Å². The topological polar surface area (TPSA) is 95.9 Å². The first-order valence-corrected chi connectivity index (χ1v) is 28.4. The predicted octanol–water partition coefficient (Wildman–Crippen LogP) is 17.4. The number of ether oxygens (including phenoxy) is 1. The molecule has 0 spiro atoms. The van der Waals surface area contributed by atoms with Crippen LogP contribution in [0.3, 0.4) is 0 Å². The standard InChI is InChI=1S/C59H109NO5/c1-4-7-10-13-16-19-22-25-28-29-30-31-34-37-40-43-46-49-52-59(64)65-55(50-47-44-41-38-35-32-26-23-20-17-14-11-8-5-2)53-58(63)60-56(54-61)57(62)51-48-45-42-39-36-33-27-24-21-18-15-12-9-6-3/h8,11,17,20,26,32,38,41,55-57,61-62H,4-7,9-10,12-16,18-19,21-25,27-31,33-37,39-40,42-54H2,1-3H3,(H,60,63)/b11-8+,20-17+,32-26+,41-38+. The minimum absolute atomic E-state index is 0.0428. The minimum Gasteiger partial charge on any atom is -0.462 e. The number of rotatable bonds is 51. The monoisotopic (exact) mass is 912 g/mol. The van der Waals surface area contributed by atoms with Crippen LogP contribution in [-0.2, 0) is 14.3 Å². The Bertz CT molecular complexity index is 1110. The van der Waals surface area contributed by atoms with Crippen molar-refractivity contribution in [1.29, 1.82) is 0 Å². The summed E-state index contributed by atoms with van der Waals surface area (Å²) in [6.07, 6.45) is 64.7. The third-order valence-corrected chi connectivity index (χ3v) is 12.9. The molecule has 6 heteroatoms. The van der Waals surface area contributed by atoms with Gasteiger partial charge < -0.3 is 20.3 Å². The number of carbonyl (C=O) groups is 2. The summed E-state index contributed by atoms with van der Waals surface area (Å²) in [4.78, 5) is 26.2. The molecule has 0 saturated heterocycles. The number of amides is 1. The normalized spacial score (nSPS) is 13.5. The molecule has 6 nitrogen and oxygen atoms in total. The third kappa shape index (κ3) is 48.1. The van der Waals surface area contributed by atoms with Crippen molar-refractivity contribution in [3.05, 3.63) is 48.6 Å². The Morgan fingerprint density at radius 1 is 0.462 bits per heavy atom. The fourth-order valence-electron chi connectivity index (χ4n) is 8.66. The number of esters is 1. The first-order chi connectivity index (χ1) is 32.0. The Balaban J connectivity index is 4.57. The second kappa shape index (κ2) is 52.8. The van der Waals surface area contributed by atoms with Gasteiger partial charge in [0.2, 0.25) is 5.91 Å². The smallest absolute Gasteiger partial charge is 0.306 e. The highest BCUT2D eigenvalue weighted by atomic mass is 16.5. The Kier molecular flexibility index (Phi) is 51.0. The lowest BCUT2D eigenvalue weighted by Crippen LogP contribution is -2.46. The lowest BCUT2D eigenvalue weighted by molar-refractivity contribution is -0.151. The first-order valence-electron chi connectivity index (χ1n) is 28.4. The van der Waals surface area contributed by atoms with E-state index in [1.54, 1.807) is 0 Å². The van der Waals surface area contributed by atoms with E-state index in [-0.39, 0.29) is 24.9 Å². The van der Waals surface area contributed by atoms with E-state index in [2.05, 4.69) is 74.7 Å². The molecule has 0 bridgehead atoms. The van der Waals surface area contributed by atoms with Crippen LogP contribution in [0, 0.1) is 0 Å². The molecule has 0 aliphatic rings. The van der Waals surface area contributed by atoms with Gasteiger partial charge in [0.1, 0.15) is 6.10 Å². The predicted molar refractivity (Wildman–Crippen MR) is 282 cm³/mol. The summed E-state index contributed by atoms with van der Waals surface area (Å²) < 4.78 is 5.93. The van der Waals surface area contributed by atoms with E-state index in [1.165, 1.54) is 167 Å². The molecule has 0 heterocycles. The zero-order valence-electron chi connectivity index (χ0n) is 43.4. The van der Waals surface area contributed by atoms with E-state index in [1.807, 2.05) is 0 Å². The van der Waals surface area contributed by atoms with E-state index in [0.29, 0.717) is 19.3 Å². The highest BCUT2D eigenvalue weighted by Gasteiger charge is 2.24. The number of carbonyl (C=O) groups excluding carboxylic acids is 2. The molecule has 0 aliphatic carbocycles. The molecule has 3 N–H and O–H groups in total. The van der Waals surface area contributed by atoms with Gasteiger partial charge in [0.15, 0.2) is 0 Å². The summed E-state index contributed by atoms with van der Waals surface area (Å²) in [6.45, 7) is 6.38. The molecule has 0 aromatic rings. The van der Waals surface area contributed by atoms with Crippen LogP contribution in [0.25, 0.3) is 0 Å². The molecule has 0 radical (unpaired) electrons. The van der Waals surface area contributed by atoms with E-state index in [4.69, 9.17) is 4.74 Å². The highest BCUT2D eigenvalue weighted by Crippen LogP contribution is 2.18. The first kappa shape index (κ1) is 62.8. The Hall–Kier alpha value is -2.18. The summed E-state index contributed by atoms with van der Waals surface area (Å²) in [5, 5.41) is 23.8. The van der Waals surface area contributed by atoms with Gasteiger partial charge in [-0.25, -0.2) is 0 Å². The molecule has 1 amide bonds. The van der Waals surface area contributed by atoms with Gasteiger partial charge in [-0.05, 0) is 57.8 Å². The quantitative estimate of drug-likeness (QED) is 0.0321. The molecule has 380 valence electrons. The molecule has 0 aliphatic heterocycles. The molecule has 65 heavy (non-hydrogen) atoms. The summed E-state index contributed by atoms with van der Waals surface area (Å²) in [5.41, 5.74) is 0. The number of hydrogen-bond acceptors (Lipinski definition) is 5. The van der Waals surface area contributed by atoms with Crippen LogP contribution < -0.4 is 5.32 Å². The van der Waals surface area contributed by atoms with E-state index < -0.39 is 18.2 Å². The van der Waals surface area contributed by atoms with Crippen molar-refractivity contribution in [2.75, 3.05) is 6.61 Å². The Morgan fingerprint density at radius 3 is 1.23 bits per heavy atom. The average Bonchev–Trinajstić information content (AvgIpc) is 3.30. The van der Waals surface area contributed by atoms with Crippen molar-refractivity contribution >= 4 is 11.9 Å². The second-order valence-corrected chi connectivity index (χ2v) is 19.3. The number of unbranched alkanes of at least 4 members (excludes halogenated alkanes) is 31. The number of aliphatic hydroxyl groups excluding tert-OH is 2. The van der Waals surface area contributed by atoms with Gasteiger partial charge in [-0.1, -0.05) is 268 Å². The SMILES string of the molecule is CC/C=C/C/C=C/C/C=C/C/C=C/CCCC(CC(=O)NC(CO)C(O)CCCCCCCCCCCCCCCC)OC(=O)CCCCCCCCCCCCCCCCCCCC. The average molecular weight is 913 g/mol. The van der Waals surface area contributed by atoms with Crippen LogP contribution in [0.1, 0.15) is 290 Å². The third-order valence-electron chi connectivity index (χ3n) is 12.9. The zero-order chi connectivity index (χ0) is 47.4. The summed E-state index contributed by atoms with van der Waals surface area (Å²) in [5.74, 6) is -0.516. The molecule has 0 fully saturated rings. The van der Waals surface area contributed by atoms with Crippen LogP contribution in [0.4, 0.5) is 0 Å². The van der Waals surface area contributed by atoms with Gasteiger partial charge in [0.25, 0.3) is 0 Å². The summed E-state index contributed by atoms with van der Waals surface area (Å²) in [6, 6.07) is -0.718. The maximum absolute atomic E-state index is 13.2. The molecule has 3 atom stereocenters. The lowest BCUT2D eigenvalue weighted by atomic mass is 10.0. The minimum atomic E-state index is -0.801. The number of aliphatic hydroxyl groups is 2. The summed E-state index contributed by atoms with van der Waals surface area (Å²) >= 11 is 0. The van der Waals surface area contributed by atoms with Crippen LogP contribution in [0.5, 0.6) is 0 Å². The molecule has 0 aromatic heterocycles. The van der Waals surface area contributed by atoms with E-state index >= 15 is 0 Å². The van der Waals surface area contributed by atoms with E-state index in [0.717, 1.165) is 77.0 Å². The summed E-state index contributed by atoms with van der Waals surface area (Å²) in [7, 11) is 0. The number of hydrogen-bond donors (Lipinski definition) is 3. The van der Waals surface area contributed by atoms with Crippen molar-refractivity contribution < 1.29 is 24.5 Å². The molecular weight excluding hydrogens is 803 g/mol. The van der Waals surface area contributed by atoms with Gasteiger partial charge in [-0.15, -0.1) is 0 Å².